The number of benzene rings is 2. The van der Waals surface area contributed by atoms with E-state index >= 15 is 0 Å². The summed E-state index contributed by atoms with van der Waals surface area (Å²) in [6.07, 6.45) is -4.29. The van der Waals surface area contributed by atoms with Crippen molar-refractivity contribution in [3.63, 3.8) is 0 Å². The molecule has 0 atom stereocenters. The van der Waals surface area contributed by atoms with E-state index in [1.54, 1.807) is 0 Å². The molecule has 0 amide bonds. The van der Waals surface area contributed by atoms with E-state index in [4.69, 9.17) is 0 Å². The summed E-state index contributed by atoms with van der Waals surface area (Å²) in [5, 5.41) is 0. The Bertz CT molecular complexity index is 907. The largest absolute Gasteiger partial charge is 0.465 e. The Balaban J connectivity index is 2.41. The smallest absolute Gasteiger partial charge is 0.416 e. The summed E-state index contributed by atoms with van der Waals surface area (Å²) in [5.41, 5.74) is 0.229. The molecule has 0 unspecified atom stereocenters. The van der Waals surface area contributed by atoms with Gasteiger partial charge in [-0.3, -0.25) is 0 Å². The predicted molar refractivity (Wildman–Crippen MR) is 88.3 cm³/mol. The first kappa shape index (κ1) is 19.9. The molecule has 0 aliphatic rings. The zero-order valence-electron chi connectivity index (χ0n) is 13.9. The van der Waals surface area contributed by atoms with Gasteiger partial charge in [0.1, 0.15) is 0 Å². The number of rotatable bonds is 5. The Kier molecular flexibility index (Phi) is 5.72. The minimum Gasteiger partial charge on any atom is -0.465 e. The molecule has 0 aliphatic carbocycles. The fraction of sp³-hybridized carbons (Fsp3) is 0.235. The lowest BCUT2D eigenvalue weighted by Crippen LogP contribution is -2.19. The Morgan fingerprint density at radius 3 is 2.23 bits per heavy atom. The van der Waals surface area contributed by atoms with Gasteiger partial charge in [-0.1, -0.05) is 18.2 Å². The number of alkyl halides is 3. The fourth-order valence-electron chi connectivity index (χ4n) is 2.33. The molecule has 140 valence electrons. The van der Waals surface area contributed by atoms with Crippen LogP contribution >= 0.6 is 0 Å². The minimum absolute atomic E-state index is 0.0312. The number of hydrogen-bond donors (Lipinski definition) is 1. The van der Waals surface area contributed by atoms with Crippen molar-refractivity contribution in [2.45, 2.75) is 17.5 Å². The topological polar surface area (TPSA) is 72.5 Å². The maximum Gasteiger partial charge on any atom is 0.416 e. The van der Waals surface area contributed by atoms with E-state index in [2.05, 4.69) is 9.46 Å². The van der Waals surface area contributed by atoms with Crippen LogP contribution in [0.2, 0.25) is 0 Å². The molecule has 26 heavy (non-hydrogen) atoms. The average Bonchev–Trinajstić information content (AvgIpc) is 2.61. The molecule has 2 rings (SSSR count). The summed E-state index contributed by atoms with van der Waals surface area (Å²) in [5.74, 6) is -0.736. The van der Waals surface area contributed by atoms with E-state index in [-0.39, 0.29) is 16.9 Å². The third-order valence-electron chi connectivity index (χ3n) is 3.74. The van der Waals surface area contributed by atoms with E-state index in [0.717, 1.165) is 19.2 Å². The van der Waals surface area contributed by atoms with Gasteiger partial charge in [0.05, 0.1) is 23.1 Å². The lowest BCUT2D eigenvalue weighted by molar-refractivity contribution is -0.137. The Labute approximate surface area is 148 Å². The molecule has 0 saturated heterocycles. The monoisotopic (exact) mass is 387 g/mol. The van der Waals surface area contributed by atoms with Crippen molar-refractivity contribution in [3.8, 4) is 0 Å². The molecule has 0 heterocycles. The molecule has 0 saturated carbocycles. The van der Waals surface area contributed by atoms with Gasteiger partial charge in [0.2, 0.25) is 10.0 Å². The number of carbonyl (C=O) groups excluding carboxylic acids is 1. The van der Waals surface area contributed by atoms with Crippen LogP contribution in [0.4, 0.5) is 13.2 Å². The lowest BCUT2D eigenvalue weighted by Gasteiger charge is -2.12. The first-order chi connectivity index (χ1) is 12.1. The number of esters is 1. The van der Waals surface area contributed by atoms with Gasteiger partial charge in [0.15, 0.2) is 0 Å². The number of ether oxygens (including phenoxy) is 1. The van der Waals surface area contributed by atoms with Crippen LogP contribution in [-0.2, 0) is 27.4 Å². The van der Waals surface area contributed by atoms with E-state index < -0.39 is 27.7 Å². The van der Waals surface area contributed by atoms with E-state index in [0.29, 0.717) is 11.1 Å². The zero-order valence-corrected chi connectivity index (χ0v) is 14.7. The minimum atomic E-state index is -4.43. The summed E-state index contributed by atoms with van der Waals surface area (Å²) in [6, 6.07) is 8.45. The molecule has 2 aromatic rings. The highest BCUT2D eigenvalue weighted by Crippen LogP contribution is 2.29. The molecule has 0 aromatic heterocycles. The Morgan fingerprint density at radius 2 is 1.73 bits per heavy atom. The maximum absolute atomic E-state index is 12.6. The van der Waals surface area contributed by atoms with Crippen LogP contribution in [0.3, 0.4) is 0 Å². The van der Waals surface area contributed by atoms with Gasteiger partial charge in [-0.2, -0.15) is 13.2 Å². The van der Waals surface area contributed by atoms with Gasteiger partial charge in [0.25, 0.3) is 0 Å². The summed E-state index contributed by atoms with van der Waals surface area (Å²) >= 11 is 0. The fourth-order valence-corrected chi connectivity index (χ4v) is 3.08. The van der Waals surface area contributed by atoms with Crippen molar-refractivity contribution < 1.29 is 31.1 Å². The van der Waals surface area contributed by atoms with Crippen LogP contribution in [0, 0.1) is 0 Å². The van der Waals surface area contributed by atoms with E-state index in [1.807, 2.05) is 0 Å². The Hall–Kier alpha value is -2.39. The quantitative estimate of drug-likeness (QED) is 0.801. The van der Waals surface area contributed by atoms with Crippen molar-refractivity contribution in [3.05, 3.63) is 64.7 Å². The molecule has 0 spiro atoms. The second-order valence-corrected chi connectivity index (χ2v) is 7.28. The highest BCUT2D eigenvalue weighted by Gasteiger charge is 2.30. The molecule has 2 aromatic carbocycles. The molecule has 0 radical (unpaired) electrons. The van der Waals surface area contributed by atoms with Crippen molar-refractivity contribution in [2.75, 3.05) is 14.2 Å². The number of methoxy groups -OCH3 is 1. The highest BCUT2D eigenvalue weighted by atomic mass is 32.2. The predicted octanol–water partition coefficient (Wildman–Crippen LogP) is 2.99. The van der Waals surface area contributed by atoms with Crippen molar-refractivity contribution in [1.82, 2.24) is 4.72 Å². The molecule has 0 bridgehead atoms. The van der Waals surface area contributed by atoms with Crippen LogP contribution in [-0.4, -0.2) is 28.5 Å². The van der Waals surface area contributed by atoms with Gasteiger partial charge in [-0.25, -0.2) is 17.9 Å². The molecule has 1 N–H and O–H groups in total. The van der Waals surface area contributed by atoms with Gasteiger partial charge >= 0.3 is 12.1 Å². The van der Waals surface area contributed by atoms with Crippen LogP contribution in [0.25, 0.3) is 0 Å². The average molecular weight is 387 g/mol. The summed E-state index contributed by atoms with van der Waals surface area (Å²) in [7, 11) is -1.36. The highest BCUT2D eigenvalue weighted by molar-refractivity contribution is 7.89. The molecule has 5 nitrogen and oxygen atoms in total. The number of nitrogens with one attached hydrogen (secondary N) is 1. The van der Waals surface area contributed by atoms with Gasteiger partial charge in [0, 0.05) is 0 Å². The van der Waals surface area contributed by atoms with Crippen LogP contribution in [0.1, 0.15) is 27.0 Å². The number of carbonyl (C=O) groups is 1. The zero-order chi connectivity index (χ0) is 19.5. The van der Waals surface area contributed by atoms with Gasteiger partial charge in [-0.15, -0.1) is 0 Å². The number of sulfonamides is 1. The van der Waals surface area contributed by atoms with Crippen molar-refractivity contribution >= 4 is 16.0 Å². The van der Waals surface area contributed by atoms with Crippen LogP contribution in [0.15, 0.2) is 47.4 Å². The lowest BCUT2D eigenvalue weighted by atomic mass is 9.99. The van der Waals surface area contributed by atoms with Crippen molar-refractivity contribution in [2.24, 2.45) is 0 Å². The SMILES string of the molecule is CNS(=O)(=O)c1ccc(Cc2ccc(C(F)(F)F)cc2)c(C(=O)OC)c1. The maximum atomic E-state index is 12.6. The van der Waals surface area contributed by atoms with Crippen LogP contribution in [0.5, 0.6) is 0 Å². The summed E-state index contributed by atoms with van der Waals surface area (Å²) in [6.45, 7) is 0. The molecule has 9 heteroatoms. The third kappa shape index (κ3) is 4.41. The molecule has 0 aliphatic heterocycles. The first-order valence-corrected chi connectivity index (χ1v) is 8.87. The van der Waals surface area contributed by atoms with Crippen LogP contribution < -0.4 is 4.72 Å². The molecular weight excluding hydrogens is 371 g/mol. The summed E-state index contributed by atoms with van der Waals surface area (Å²) in [4.78, 5) is 11.9. The van der Waals surface area contributed by atoms with E-state index in [1.165, 1.54) is 37.4 Å². The van der Waals surface area contributed by atoms with Gasteiger partial charge < -0.3 is 4.74 Å². The molecule has 0 fully saturated rings. The van der Waals surface area contributed by atoms with Crippen molar-refractivity contribution in [1.29, 1.82) is 0 Å². The second kappa shape index (κ2) is 7.46. The normalized spacial score (nSPS) is 12.0. The van der Waals surface area contributed by atoms with Gasteiger partial charge in [-0.05, 0) is 48.9 Å². The third-order valence-corrected chi connectivity index (χ3v) is 5.15. The summed E-state index contributed by atoms with van der Waals surface area (Å²) < 4.78 is 68.5. The number of hydrogen-bond acceptors (Lipinski definition) is 4. The number of halogens is 3. The first-order valence-electron chi connectivity index (χ1n) is 7.39. The Morgan fingerprint density at radius 1 is 1.12 bits per heavy atom. The molecular formula is C17H16F3NO4S. The standard InChI is InChI=1S/C17H16F3NO4S/c1-21-26(23,24)14-8-5-12(15(10-14)16(22)25-2)9-11-3-6-13(7-4-11)17(18,19)20/h3-8,10,21H,9H2,1-2H3. The second-order valence-electron chi connectivity index (χ2n) is 5.39. The van der Waals surface area contributed by atoms with E-state index in [9.17, 15) is 26.4 Å².